The highest BCUT2D eigenvalue weighted by molar-refractivity contribution is 5.97. The topological polar surface area (TPSA) is 58.2 Å². The number of hydrogen-bond acceptors (Lipinski definition) is 2. The van der Waals surface area contributed by atoms with E-state index in [9.17, 15) is 9.59 Å². The monoisotopic (exact) mass is 198 g/mol. The molecule has 4 nitrogen and oxygen atoms in total. The highest BCUT2D eigenvalue weighted by Crippen LogP contribution is 2.18. The highest BCUT2D eigenvalue weighted by atomic mass is 16.2. The van der Waals surface area contributed by atoms with Gasteiger partial charge in [0.1, 0.15) is 6.42 Å². The maximum absolute atomic E-state index is 11.2. The lowest BCUT2D eigenvalue weighted by molar-refractivity contribution is -0.129. The first-order valence-electron chi connectivity index (χ1n) is 5.14. The number of nitrogens with one attached hydrogen (secondary N) is 2. The quantitative estimate of drug-likeness (QED) is 0.629. The van der Waals surface area contributed by atoms with E-state index < -0.39 is 0 Å². The average Bonchev–Trinajstić information content (AvgIpc) is 2.84. The fraction of sp³-hybridized carbons (Fsp3) is 0.800. The van der Waals surface area contributed by atoms with Gasteiger partial charge in [-0.3, -0.25) is 9.59 Å². The Morgan fingerprint density at radius 3 is 2.43 bits per heavy atom. The maximum Gasteiger partial charge on any atom is 0.229 e. The van der Waals surface area contributed by atoms with Crippen LogP contribution in [0.15, 0.2) is 0 Å². The van der Waals surface area contributed by atoms with E-state index in [-0.39, 0.29) is 18.2 Å². The van der Waals surface area contributed by atoms with Gasteiger partial charge in [-0.05, 0) is 18.8 Å². The maximum atomic E-state index is 11.2. The Balaban J connectivity index is 2.08. The van der Waals surface area contributed by atoms with Gasteiger partial charge >= 0.3 is 0 Å². The molecule has 1 aliphatic rings. The van der Waals surface area contributed by atoms with Gasteiger partial charge in [-0.1, -0.05) is 13.8 Å². The van der Waals surface area contributed by atoms with Crippen LogP contribution in [0.5, 0.6) is 0 Å². The van der Waals surface area contributed by atoms with Crippen molar-refractivity contribution in [1.29, 1.82) is 0 Å². The van der Waals surface area contributed by atoms with E-state index >= 15 is 0 Å². The number of hydrogen-bond donors (Lipinski definition) is 2. The predicted octanol–water partition coefficient (Wildman–Crippen LogP) is 0.427. The van der Waals surface area contributed by atoms with Crippen molar-refractivity contribution >= 4 is 11.8 Å². The molecule has 1 aliphatic carbocycles. The molecule has 0 saturated heterocycles. The van der Waals surface area contributed by atoms with Gasteiger partial charge in [-0.2, -0.15) is 0 Å². The summed E-state index contributed by atoms with van der Waals surface area (Å²) in [6, 6.07) is 0.334. The summed E-state index contributed by atoms with van der Waals surface area (Å²) >= 11 is 0. The van der Waals surface area contributed by atoms with E-state index in [1.807, 2.05) is 13.8 Å². The van der Waals surface area contributed by atoms with Gasteiger partial charge in [0.05, 0.1) is 0 Å². The Morgan fingerprint density at radius 1 is 1.29 bits per heavy atom. The summed E-state index contributed by atoms with van der Waals surface area (Å²) in [4.78, 5) is 22.4. The van der Waals surface area contributed by atoms with Crippen molar-refractivity contribution in [2.75, 3.05) is 6.54 Å². The molecule has 1 rings (SSSR count). The van der Waals surface area contributed by atoms with Crippen molar-refractivity contribution < 1.29 is 9.59 Å². The van der Waals surface area contributed by atoms with Gasteiger partial charge in [-0.15, -0.1) is 0 Å². The Bertz CT molecular complexity index is 222. The van der Waals surface area contributed by atoms with Crippen molar-refractivity contribution in [2.45, 2.75) is 39.2 Å². The number of carbonyl (C=O) groups is 2. The molecular weight excluding hydrogens is 180 g/mol. The first kappa shape index (κ1) is 11.0. The molecule has 0 unspecified atom stereocenters. The zero-order valence-corrected chi connectivity index (χ0v) is 8.80. The van der Waals surface area contributed by atoms with Gasteiger partial charge in [0.2, 0.25) is 11.8 Å². The molecule has 0 aromatic carbocycles. The van der Waals surface area contributed by atoms with Crippen LogP contribution in [0.3, 0.4) is 0 Å². The minimum atomic E-state index is -0.183. The van der Waals surface area contributed by atoms with Crippen LogP contribution < -0.4 is 10.6 Å². The fourth-order valence-electron chi connectivity index (χ4n) is 1.03. The molecule has 0 spiro atoms. The Labute approximate surface area is 84.4 Å². The molecule has 0 bridgehead atoms. The summed E-state index contributed by atoms with van der Waals surface area (Å²) in [5.74, 6) is 0.0797. The van der Waals surface area contributed by atoms with Gasteiger partial charge in [0.25, 0.3) is 0 Å². The third kappa shape index (κ3) is 4.84. The van der Waals surface area contributed by atoms with E-state index in [1.54, 1.807) is 0 Å². The zero-order valence-electron chi connectivity index (χ0n) is 8.80. The average molecular weight is 198 g/mol. The van der Waals surface area contributed by atoms with Gasteiger partial charge in [-0.25, -0.2) is 0 Å². The van der Waals surface area contributed by atoms with Gasteiger partial charge in [0, 0.05) is 12.6 Å². The fourth-order valence-corrected chi connectivity index (χ4v) is 1.03. The second kappa shape index (κ2) is 4.98. The van der Waals surface area contributed by atoms with Crippen LogP contribution in [0.1, 0.15) is 33.1 Å². The molecule has 1 fully saturated rings. The number of carbonyl (C=O) groups excluding carboxylic acids is 2. The van der Waals surface area contributed by atoms with Crippen LogP contribution in [0.2, 0.25) is 0 Å². The third-order valence-electron chi connectivity index (χ3n) is 1.97. The third-order valence-corrected chi connectivity index (χ3v) is 1.97. The normalized spacial score (nSPS) is 15.4. The molecule has 0 atom stereocenters. The lowest BCUT2D eigenvalue weighted by Gasteiger charge is -2.07. The van der Waals surface area contributed by atoms with Crippen molar-refractivity contribution in [2.24, 2.45) is 5.92 Å². The minimum absolute atomic E-state index is 0.0385. The van der Waals surface area contributed by atoms with Crippen molar-refractivity contribution in [1.82, 2.24) is 10.6 Å². The first-order chi connectivity index (χ1) is 6.58. The van der Waals surface area contributed by atoms with Crippen LogP contribution in [0.25, 0.3) is 0 Å². The molecule has 80 valence electrons. The van der Waals surface area contributed by atoms with Crippen molar-refractivity contribution in [3.8, 4) is 0 Å². The Hall–Kier alpha value is -1.06. The molecule has 2 N–H and O–H groups in total. The standard InChI is InChI=1S/C10H18N2O2/c1-7(2)6-11-9(13)5-10(14)12-8-3-4-8/h7-8H,3-6H2,1-2H3,(H,11,13)(H,12,14). The second-order valence-electron chi connectivity index (χ2n) is 4.22. The van der Waals surface area contributed by atoms with Crippen molar-refractivity contribution in [3.63, 3.8) is 0 Å². The van der Waals surface area contributed by atoms with E-state index in [0.29, 0.717) is 18.5 Å². The summed E-state index contributed by atoms with van der Waals surface area (Å²) in [5, 5.41) is 5.48. The lowest BCUT2D eigenvalue weighted by atomic mass is 10.2. The summed E-state index contributed by atoms with van der Waals surface area (Å²) in [5.41, 5.74) is 0. The van der Waals surface area contributed by atoms with E-state index in [2.05, 4.69) is 10.6 Å². The van der Waals surface area contributed by atoms with E-state index in [0.717, 1.165) is 12.8 Å². The molecule has 0 radical (unpaired) electrons. The molecule has 4 heteroatoms. The molecule has 0 aliphatic heterocycles. The smallest absolute Gasteiger partial charge is 0.229 e. The second-order valence-corrected chi connectivity index (χ2v) is 4.22. The SMILES string of the molecule is CC(C)CNC(=O)CC(=O)NC1CC1. The summed E-state index contributed by atoms with van der Waals surface area (Å²) in [6.07, 6.45) is 2.07. The summed E-state index contributed by atoms with van der Waals surface area (Å²) < 4.78 is 0. The lowest BCUT2D eigenvalue weighted by Crippen LogP contribution is -2.34. The van der Waals surface area contributed by atoms with Crippen LogP contribution in [-0.2, 0) is 9.59 Å². The summed E-state index contributed by atoms with van der Waals surface area (Å²) in [6.45, 7) is 4.67. The molecule has 1 saturated carbocycles. The zero-order chi connectivity index (χ0) is 10.6. The van der Waals surface area contributed by atoms with Gasteiger partial charge in [0.15, 0.2) is 0 Å². The van der Waals surface area contributed by atoms with E-state index in [4.69, 9.17) is 0 Å². The molecule has 0 aromatic rings. The molecule has 0 aromatic heterocycles. The molecule has 0 heterocycles. The molecular formula is C10H18N2O2. The number of amides is 2. The Morgan fingerprint density at radius 2 is 1.93 bits per heavy atom. The minimum Gasteiger partial charge on any atom is -0.355 e. The largest absolute Gasteiger partial charge is 0.355 e. The van der Waals surface area contributed by atoms with Crippen LogP contribution in [0.4, 0.5) is 0 Å². The number of rotatable bonds is 5. The summed E-state index contributed by atoms with van der Waals surface area (Å²) in [7, 11) is 0. The first-order valence-corrected chi connectivity index (χ1v) is 5.14. The van der Waals surface area contributed by atoms with Gasteiger partial charge < -0.3 is 10.6 Å². The van der Waals surface area contributed by atoms with Crippen molar-refractivity contribution in [3.05, 3.63) is 0 Å². The molecule has 2 amide bonds. The van der Waals surface area contributed by atoms with E-state index in [1.165, 1.54) is 0 Å². The Kier molecular flexibility index (Phi) is 3.92. The van der Waals surface area contributed by atoms with Crippen LogP contribution in [-0.4, -0.2) is 24.4 Å². The van der Waals surface area contributed by atoms with Crippen LogP contribution >= 0.6 is 0 Å². The van der Waals surface area contributed by atoms with Crippen LogP contribution in [0, 0.1) is 5.92 Å². The highest BCUT2D eigenvalue weighted by Gasteiger charge is 2.23. The molecule has 14 heavy (non-hydrogen) atoms. The predicted molar refractivity (Wildman–Crippen MR) is 53.6 cm³/mol.